The predicted octanol–water partition coefficient (Wildman–Crippen LogP) is 2.40. The molecule has 1 aliphatic rings. The normalized spacial score (nSPS) is 20.4. The number of aromatic nitrogens is 2. The van der Waals surface area contributed by atoms with Crippen LogP contribution >= 0.6 is 0 Å². The van der Waals surface area contributed by atoms with Gasteiger partial charge in [0.1, 0.15) is 11.4 Å². The SMILES string of the molecule is Cc1cc(F)ccc1-n1ccc(C(=O)N2CCCC2(C)C(=O)O)n1. The molecular weight excluding hydrogens is 313 g/mol. The summed E-state index contributed by atoms with van der Waals surface area (Å²) in [5.41, 5.74) is 0.326. The summed E-state index contributed by atoms with van der Waals surface area (Å²) in [4.78, 5) is 25.6. The molecule has 1 fully saturated rings. The fourth-order valence-electron chi connectivity index (χ4n) is 3.10. The van der Waals surface area contributed by atoms with Crippen LogP contribution in [0.25, 0.3) is 5.69 Å². The van der Waals surface area contributed by atoms with E-state index in [-0.39, 0.29) is 11.5 Å². The van der Waals surface area contributed by atoms with E-state index in [1.54, 1.807) is 32.2 Å². The Morgan fingerprint density at radius 3 is 2.75 bits per heavy atom. The topological polar surface area (TPSA) is 75.4 Å². The Hall–Kier alpha value is -2.70. The van der Waals surface area contributed by atoms with E-state index < -0.39 is 17.4 Å². The Kier molecular flexibility index (Phi) is 3.87. The van der Waals surface area contributed by atoms with Crippen molar-refractivity contribution in [2.75, 3.05) is 6.54 Å². The van der Waals surface area contributed by atoms with E-state index in [2.05, 4.69) is 5.10 Å². The number of aryl methyl sites for hydroxylation is 1. The van der Waals surface area contributed by atoms with Crippen molar-refractivity contribution in [1.29, 1.82) is 0 Å². The number of hydrogen-bond donors (Lipinski definition) is 1. The summed E-state index contributed by atoms with van der Waals surface area (Å²) in [7, 11) is 0. The van der Waals surface area contributed by atoms with Crippen LogP contribution in [0.5, 0.6) is 0 Å². The van der Waals surface area contributed by atoms with Gasteiger partial charge < -0.3 is 10.0 Å². The van der Waals surface area contributed by atoms with Crippen molar-refractivity contribution in [3.63, 3.8) is 0 Å². The van der Waals surface area contributed by atoms with Crippen LogP contribution in [0, 0.1) is 12.7 Å². The molecule has 0 radical (unpaired) electrons. The van der Waals surface area contributed by atoms with Gasteiger partial charge in [0.05, 0.1) is 5.69 Å². The van der Waals surface area contributed by atoms with Gasteiger partial charge >= 0.3 is 5.97 Å². The van der Waals surface area contributed by atoms with Gasteiger partial charge in [-0.2, -0.15) is 5.10 Å². The number of likely N-dealkylation sites (tertiary alicyclic amines) is 1. The second-order valence-corrected chi connectivity index (χ2v) is 6.22. The van der Waals surface area contributed by atoms with E-state index >= 15 is 0 Å². The molecule has 1 aromatic carbocycles. The third-order valence-electron chi connectivity index (χ3n) is 4.56. The van der Waals surface area contributed by atoms with E-state index in [0.717, 1.165) is 0 Å². The van der Waals surface area contributed by atoms with E-state index in [0.29, 0.717) is 30.6 Å². The number of carboxylic acids is 1. The molecule has 1 amide bonds. The predicted molar refractivity (Wildman–Crippen MR) is 84.6 cm³/mol. The molecule has 7 heteroatoms. The molecule has 126 valence electrons. The molecule has 24 heavy (non-hydrogen) atoms. The van der Waals surface area contributed by atoms with Gasteiger partial charge in [-0.1, -0.05) is 0 Å². The molecule has 1 unspecified atom stereocenters. The monoisotopic (exact) mass is 331 g/mol. The molecule has 6 nitrogen and oxygen atoms in total. The Labute approximate surface area is 138 Å². The van der Waals surface area contributed by atoms with E-state index in [9.17, 15) is 19.1 Å². The number of nitrogens with zero attached hydrogens (tertiary/aromatic N) is 3. The molecule has 1 N–H and O–H groups in total. The molecule has 2 aromatic rings. The summed E-state index contributed by atoms with van der Waals surface area (Å²) >= 11 is 0. The number of carbonyl (C=O) groups is 2. The van der Waals surface area contributed by atoms with E-state index in [1.165, 1.54) is 21.7 Å². The molecule has 2 heterocycles. The van der Waals surface area contributed by atoms with Gasteiger partial charge in [0.2, 0.25) is 0 Å². The number of carboxylic acid groups (broad SMARTS) is 1. The zero-order valence-corrected chi connectivity index (χ0v) is 13.5. The third-order valence-corrected chi connectivity index (χ3v) is 4.56. The maximum atomic E-state index is 13.2. The summed E-state index contributed by atoms with van der Waals surface area (Å²) < 4.78 is 14.7. The Balaban J connectivity index is 1.90. The van der Waals surface area contributed by atoms with Crippen molar-refractivity contribution < 1.29 is 19.1 Å². The van der Waals surface area contributed by atoms with Gasteiger partial charge in [-0.25, -0.2) is 13.9 Å². The average Bonchev–Trinajstić information content (AvgIpc) is 3.14. The maximum absolute atomic E-state index is 13.2. The summed E-state index contributed by atoms with van der Waals surface area (Å²) in [5.74, 6) is -1.76. The lowest BCUT2D eigenvalue weighted by Crippen LogP contribution is -2.50. The van der Waals surface area contributed by atoms with E-state index in [4.69, 9.17) is 0 Å². The first-order chi connectivity index (χ1) is 11.3. The van der Waals surface area contributed by atoms with Gasteiger partial charge in [0.15, 0.2) is 5.69 Å². The summed E-state index contributed by atoms with van der Waals surface area (Å²) in [6.45, 7) is 3.70. The van der Waals surface area contributed by atoms with Crippen molar-refractivity contribution in [3.8, 4) is 5.69 Å². The molecule has 0 aliphatic carbocycles. The highest BCUT2D eigenvalue weighted by Gasteiger charge is 2.46. The quantitative estimate of drug-likeness (QED) is 0.937. The highest BCUT2D eigenvalue weighted by Crippen LogP contribution is 2.30. The average molecular weight is 331 g/mol. The van der Waals surface area contributed by atoms with Gasteiger partial charge in [-0.15, -0.1) is 0 Å². The fraction of sp³-hybridized carbons (Fsp3) is 0.353. The second kappa shape index (κ2) is 5.74. The third kappa shape index (κ3) is 2.55. The van der Waals surface area contributed by atoms with Gasteiger partial charge in [-0.3, -0.25) is 4.79 Å². The van der Waals surface area contributed by atoms with Crippen molar-refractivity contribution in [2.45, 2.75) is 32.2 Å². The minimum absolute atomic E-state index is 0.174. The number of rotatable bonds is 3. The smallest absolute Gasteiger partial charge is 0.329 e. The molecular formula is C17H18FN3O3. The lowest BCUT2D eigenvalue weighted by atomic mass is 9.99. The van der Waals surface area contributed by atoms with E-state index in [1.807, 2.05) is 0 Å². The standard InChI is InChI=1S/C17H18FN3O3/c1-11-10-12(18)4-5-14(11)21-9-6-13(19-21)15(22)20-8-3-7-17(20,2)16(23)24/h4-6,9-10H,3,7-8H2,1-2H3,(H,23,24). The van der Waals surface area contributed by atoms with Crippen molar-refractivity contribution >= 4 is 11.9 Å². The van der Waals surface area contributed by atoms with Gasteiger partial charge in [0.25, 0.3) is 5.91 Å². The maximum Gasteiger partial charge on any atom is 0.329 e. The highest BCUT2D eigenvalue weighted by atomic mass is 19.1. The summed E-state index contributed by atoms with van der Waals surface area (Å²) in [5, 5.41) is 13.7. The highest BCUT2D eigenvalue weighted by molar-refractivity contribution is 5.96. The lowest BCUT2D eigenvalue weighted by Gasteiger charge is -2.30. The number of halogens is 1. The van der Waals surface area contributed by atoms with Crippen LogP contribution in [-0.2, 0) is 4.79 Å². The van der Waals surface area contributed by atoms with Crippen LogP contribution in [-0.4, -0.2) is 43.7 Å². The zero-order valence-electron chi connectivity index (χ0n) is 13.5. The van der Waals surface area contributed by atoms with Crippen LogP contribution in [0.4, 0.5) is 4.39 Å². The largest absolute Gasteiger partial charge is 0.480 e. The molecule has 1 aliphatic heterocycles. The molecule has 1 saturated heterocycles. The zero-order chi connectivity index (χ0) is 17.5. The molecule has 0 saturated carbocycles. The second-order valence-electron chi connectivity index (χ2n) is 6.22. The molecule has 1 atom stereocenters. The lowest BCUT2D eigenvalue weighted by molar-refractivity contribution is -0.147. The number of hydrogen-bond acceptors (Lipinski definition) is 3. The number of benzene rings is 1. The fourth-order valence-corrected chi connectivity index (χ4v) is 3.10. The Morgan fingerprint density at radius 2 is 2.08 bits per heavy atom. The minimum Gasteiger partial charge on any atom is -0.480 e. The molecule has 0 spiro atoms. The van der Waals surface area contributed by atoms with Crippen molar-refractivity contribution in [1.82, 2.24) is 14.7 Å². The van der Waals surface area contributed by atoms with Crippen LogP contribution in [0.15, 0.2) is 30.5 Å². The number of amides is 1. The molecule has 1 aromatic heterocycles. The van der Waals surface area contributed by atoms with Gasteiger partial charge in [-0.05, 0) is 56.5 Å². The number of carbonyl (C=O) groups excluding carboxylic acids is 1. The minimum atomic E-state index is -1.20. The van der Waals surface area contributed by atoms with Crippen LogP contribution in [0.3, 0.4) is 0 Å². The van der Waals surface area contributed by atoms with Crippen LogP contribution < -0.4 is 0 Å². The Morgan fingerprint density at radius 1 is 1.33 bits per heavy atom. The molecule has 0 bridgehead atoms. The first kappa shape index (κ1) is 16.2. The van der Waals surface area contributed by atoms with Crippen LogP contribution in [0.1, 0.15) is 35.8 Å². The number of aliphatic carboxylic acids is 1. The van der Waals surface area contributed by atoms with Crippen molar-refractivity contribution in [2.24, 2.45) is 0 Å². The van der Waals surface area contributed by atoms with Gasteiger partial charge in [0, 0.05) is 12.7 Å². The summed E-state index contributed by atoms with van der Waals surface area (Å²) in [6, 6.07) is 5.85. The van der Waals surface area contributed by atoms with Crippen molar-refractivity contribution in [3.05, 3.63) is 47.5 Å². The van der Waals surface area contributed by atoms with Crippen LogP contribution in [0.2, 0.25) is 0 Å². The first-order valence-corrected chi connectivity index (χ1v) is 7.70. The molecule has 3 rings (SSSR count). The summed E-state index contributed by atoms with van der Waals surface area (Å²) in [6.07, 6.45) is 2.68. The Bertz CT molecular complexity index is 817. The first-order valence-electron chi connectivity index (χ1n) is 7.70.